The molecule has 2 heterocycles. The number of hydrogen-bond acceptors (Lipinski definition) is 2. The molecule has 25 heavy (non-hydrogen) atoms. The lowest BCUT2D eigenvalue weighted by Crippen LogP contribution is -2.04. The molecule has 0 saturated heterocycles. The predicted octanol–water partition coefficient (Wildman–Crippen LogP) is 4.99. The molecule has 1 aliphatic heterocycles. The van der Waals surface area contributed by atoms with Crippen LogP contribution in [0.2, 0.25) is 0 Å². The second kappa shape index (κ2) is 6.65. The van der Waals surface area contributed by atoms with Gasteiger partial charge in [-0.05, 0) is 37.1 Å². The van der Waals surface area contributed by atoms with Crippen LogP contribution < -0.4 is 0 Å². The summed E-state index contributed by atoms with van der Waals surface area (Å²) < 4.78 is 19.7. The molecule has 2 aromatic carbocycles. The number of benzene rings is 2. The molecule has 1 N–H and O–H groups in total. The Labute approximate surface area is 146 Å². The van der Waals surface area contributed by atoms with Crippen molar-refractivity contribution in [1.82, 2.24) is 9.97 Å². The summed E-state index contributed by atoms with van der Waals surface area (Å²) in [4.78, 5) is 8.10. The highest BCUT2D eigenvalue weighted by atomic mass is 19.1. The number of H-pyrrole nitrogens is 1. The quantitative estimate of drug-likeness (QED) is 0.732. The van der Waals surface area contributed by atoms with E-state index in [9.17, 15) is 4.39 Å². The second-order valence-electron chi connectivity index (χ2n) is 6.21. The standard InChI is InChI=1S/C21H19FN2O/c1-14-5-4-6-16(13-14)20-19(15-9-11-25-12-10-15)23-21(24-20)17-7-2-3-8-18(17)22/h2-9,13H,10-12H2,1H3,(H,23,24). The fourth-order valence-electron chi connectivity index (χ4n) is 3.14. The van der Waals surface area contributed by atoms with Gasteiger partial charge in [0.1, 0.15) is 11.6 Å². The summed E-state index contributed by atoms with van der Waals surface area (Å²) >= 11 is 0. The molecule has 0 saturated carbocycles. The van der Waals surface area contributed by atoms with Crippen molar-refractivity contribution in [3.05, 3.63) is 71.7 Å². The van der Waals surface area contributed by atoms with Crippen molar-refractivity contribution >= 4 is 5.57 Å². The number of hydrogen-bond donors (Lipinski definition) is 1. The van der Waals surface area contributed by atoms with E-state index >= 15 is 0 Å². The van der Waals surface area contributed by atoms with E-state index in [0.717, 1.165) is 28.9 Å². The molecular formula is C21H19FN2O. The van der Waals surface area contributed by atoms with Gasteiger partial charge in [0.2, 0.25) is 0 Å². The maximum Gasteiger partial charge on any atom is 0.141 e. The molecule has 4 heteroatoms. The topological polar surface area (TPSA) is 37.9 Å². The Morgan fingerprint density at radius 2 is 2.00 bits per heavy atom. The van der Waals surface area contributed by atoms with E-state index in [1.54, 1.807) is 12.1 Å². The van der Waals surface area contributed by atoms with Crippen molar-refractivity contribution < 1.29 is 9.13 Å². The molecule has 0 bridgehead atoms. The third-order valence-corrected chi connectivity index (χ3v) is 4.41. The van der Waals surface area contributed by atoms with Crippen LogP contribution in [0.15, 0.2) is 54.6 Å². The summed E-state index contributed by atoms with van der Waals surface area (Å²) in [5, 5.41) is 0. The monoisotopic (exact) mass is 334 g/mol. The minimum absolute atomic E-state index is 0.278. The van der Waals surface area contributed by atoms with Crippen molar-refractivity contribution in [2.45, 2.75) is 13.3 Å². The van der Waals surface area contributed by atoms with Crippen LogP contribution in [0.4, 0.5) is 4.39 Å². The van der Waals surface area contributed by atoms with Gasteiger partial charge >= 0.3 is 0 Å². The maximum atomic E-state index is 14.2. The SMILES string of the molecule is Cc1cccc(-c2nc(-c3ccccc3F)[nH]c2C2=CCOCC2)c1. The van der Waals surface area contributed by atoms with E-state index in [2.05, 4.69) is 30.1 Å². The molecule has 0 spiro atoms. The zero-order valence-corrected chi connectivity index (χ0v) is 14.1. The van der Waals surface area contributed by atoms with Crippen molar-refractivity contribution in [3.63, 3.8) is 0 Å². The van der Waals surface area contributed by atoms with Gasteiger partial charge in [-0.3, -0.25) is 0 Å². The highest BCUT2D eigenvalue weighted by molar-refractivity contribution is 5.80. The lowest BCUT2D eigenvalue weighted by molar-refractivity contribution is 0.161. The highest BCUT2D eigenvalue weighted by Crippen LogP contribution is 2.33. The lowest BCUT2D eigenvalue weighted by atomic mass is 10.0. The van der Waals surface area contributed by atoms with Gasteiger partial charge in [-0.2, -0.15) is 0 Å². The second-order valence-corrected chi connectivity index (χ2v) is 6.21. The summed E-state index contributed by atoms with van der Waals surface area (Å²) in [7, 11) is 0. The molecule has 1 aliphatic rings. The molecule has 126 valence electrons. The average Bonchev–Trinajstić information content (AvgIpc) is 3.08. The molecule has 3 aromatic rings. The number of nitrogens with zero attached hydrogens (tertiary/aromatic N) is 1. The summed E-state index contributed by atoms with van der Waals surface area (Å²) in [6.07, 6.45) is 2.89. The number of aromatic nitrogens is 2. The first-order chi connectivity index (χ1) is 12.2. The number of rotatable bonds is 3. The summed E-state index contributed by atoms with van der Waals surface area (Å²) in [6, 6.07) is 14.9. The van der Waals surface area contributed by atoms with Gasteiger partial charge < -0.3 is 9.72 Å². The number of imidazole rings is 1. The van der Waals surface area contributed by atoms with Gasteiger partial charge in [0, 0.05) is 5.56 Å². The summed E-state index contributed by atoms with van der Waals surface area (Å²) in [6.45, 7) is 3.34. The Bertz CT molecular complexity index is 943. The van der Waals surface area contributed by atoms with E-state index in [4.69, 9.17) is 9.72 Å². The fourth-order valence-corrected chi connectivity index (χ4v) is 3.14. The molecule has 0 atom stereocenters. The first-order valence-electron chi connectivity index (χ1n) is 8.41. The van der Waals surface area contributed by atoms with Gasteiger partial charge in [-0.15, -0.1) is 0 Å². The zero-order valence-electron chi connectivity index (χ0n) is 14.1. The average molecular weight is 334 g/mol. The summed E-state index contributed by atoms with van der Waals surface area (Å²) in [5.41, 5.74) is 5.65. The molecule has 1 aromatic heterocycles. The van der Waals surface area contributed by atoms with E-state index in [1.807, 2.05) is 18.2 Å². The molecule has 0 fully saturated rings. The Hall–Kier alpha value is -2.72. The van der Waals surface area contributed by atoms with Gasteiger partial charge in [0.25, 0.3) is 0 Å². The molecular weight excluding hydrogens is 315 g/mol. The lowest BCUT2D eigenvalue weighted by Gasteiger charge is -2.13. The summed E-state index contributed by atoms with van der Waals surface area (Å²) in [5.74, 6) is 0.275. The van der Waals surface area contributed by atoms with E-state index in [1.165, 1.54) is 11.6 Å². The predicted molar refractivity (Wildman–Crippen MR) is 97.6 cm³/mol. The first kappa shape index (κ1) is 15.8. The molecule has 0 amide bonds. The van der Waals surface area contributed by atoms with Gasteiger partial charge in [0.15, 0.2) is 0 Å². The number of halogens is 1. The van der Waals surface area contributed by atoms with Crippen LogP contribution in [0.1, 0.15) is 17.7 Å². The number of nitrogens with one attached hydrogen (secondary N) is 1. The molecule has 4 rings (SSSR count). The van der Waals surface area contributed by atoms with Crippen LogP contribution in [0.3, 0.4) is 0 Å². The minimum atomic E-state index is -0.278. The van der Waals surface area contributed by atoms with Crippen LogP contribution in [0, 0.1) is 12.7 Å². The third kappa shape index (κ3) is 3.13. The first-order valence-corrected chi connectivity index (χ1v) is 8.41. The highest BCUT2D eigenvalue weighted by Gasteiger charge is 2.19. The molecule has 0 unspecified atom stereocenters. The smallest absolute Gasteiger partial charge is 0.141 e. The number of aromatic amines is 1. The van der Waals surface area contributed by atoms with Crippen LogP contribution >= 0.6 is 0 Å². The van der Waals surface area contributed by atoms with E-state index in [0.29, 0.717) is 24.6 Å². The van der Waals surface area contributed by atoms with E-state index < -0.39 is 0 Å². The van der Waals surface area contributed by atoms with Gasteiger partial charge in [-0.1, -0.05) is 42.0 Å². The van der Waals surface area contributed by atoms with Crippen molar-refractivity contribution in [2.75, 3.05) is 13.2 Å². The van der Waals surface area contributed by atoms with Crippen LogP contribution in [-0.2, 0) is 4.74 Å². The Morgan fingerprint density at radius 1 is 1.12 bits per heavy atom. The Balaban J connectivity index is 1.89. The van der Waals surface area contributed by atoms with Gasteiger partial charge in [0.05, 0.1) is 30.2 Å². The van der Waals surface area contributed by atoms with E-state index in [-0.39, 0.29) is 5.82 Å². The molecule has 3 nitrogen and oxygen atoms in total. The Kier molecular flexibility index (Phi) is 4.20. The normalized spacial score (nSPS) is 14.4. The molecule has 0 radical (unpaired) electrons. The minimum Gasteiger partial charge on any atom is -0.377 e. The largest absolute Gasteiger partial charge is 0.377 e. The molecule has 0 aliphatic carbocycles. The number of aryl methyl sites for hydroxylation is 1. The van der Waals surface area contributed by atoms with Gasteiger partial charge in [-0.25, -0.2) is 9.37 Å². The van der Waals surface area contributed by atoms with Crippen LogP contribution in [-0.4, -0.2) is 23.2 Å². The van der Waals surface area contributed by atoms with Crippen LogP contribution in [0.5, 0.6) is 0 Å². The van der Waals surface area contributed by atoms with Crippen molar-refractivity contribution in [2.24, 2.45) is 0 Å². The van der Waals surface area contributed by atoms with Crippen molar-refractivity contribution in [1.29, 1.82) is 0 Å². The zero-order chi connectivity index (χ0) is 17.2. The van der Waals surface area contributed by atoms with Crippen molar-refractivity contribution in [3.8, 4) is 22.6 Å². The third-order valence-electron chi connectivity index (χ3n) is 4.41. The maximum absolute atomic E-state index is 14.2. The Morgan fingerprint density at radius 3 is 2.76 bits per heavy atom. The van der Waals surface area contributed by atoms with Crippen LogP contribution in [0.25, 0.3) is 28.2 Å². The number of ether oxygens (including phenoxy) is 1. The fraction of sp³-hybridized carbons (Fsp3) is 0.190.